The van der Waals surface area contributed by atoms with Crippen LogP contribution in [0.5, 0.6) is 5.75 Å². The standard InChI is InChI=1S/C13H13ClN2O3S/c1-9-6-11(2-3-13(9)20(15,17)18)19-8-10-4-5-16-7-12(10)14/h2-7H,8H2,1H3,(H2,15,17,18). The van der Waals surface area contributed by atoms with Crippen LogP contribution in [-0.2, 0) is 16.6 Å². The molecule has 106 valence electrons. The van der Waals surface area contributed by atoms with Gasteiger partial charge in [-0.25, -0.2) is 13.6 Å². The first-order valence-electron chi connectivity index (χ1n) is 5.72. The number of aryl methyl sites for hydroxylation is 1. The van der Waals surface area contributed by atoms with Crippen LogP contribution in [0.15, 0.2) is 41.6 Å². The second kappa shape index (κ2) is 5.78. The monoisotopic (exact) mass is 312 g/mol. The summed E-state index contributed by atoms with van der Waals surface area (Å²) < 4.78 is 28.2. The van der Waals surface area contributed by atoms with Gasteiger partial charge in [0.1, 0.15) is 12.4 Å². The Bertz CT molecular complexity index is 732. The predicted octanol–water partition coefficient (Wildman–Crippen LogP) is 2.27. The highest BCUT2D eigenvalue weighted by Gasteiger charge is 2.12. The Morgan fingerprint density at radius 3 is 2.70 bits per heavy atom. The average Bonchev–Trinajstić information content (AvgIpc) is 2.36. The van der Waals surface area contributed by atoms with Crippen molar-refractivity contribution in [3.8, 4) is 5.75 Å². The van der Waals surface area contributed by atoms with Crippen LogP contribution < -0.4 is 9.88 Å². The molecule has 5 nitrogen and oxygen atoms in total. The van der Waals surface area contributed by atoms with Crippen molar-refractivity contribution in [1.29, 1.82) is 0 Å². The molecule has 0 saturated carbocycles. The Kier molecular flexibility index (Phi) is 4.27. The van der Waals surface area contributed by atoms with Crippen molar-refractivity contribution in [1.82, 2.24) is 4.98 Å². The summed E-state index contributed by atoms with van der Waals surface area (Å²) in [6.45, 7) is 1.93. The molecule has 1 aromatic heterocycles. The molecule has 20 heavy (non-hydrogen) atoms. The highest BCUT2D eigenvalue weighted by Crippen LogP contribution is 2.22. The zero-order valence-corrected chi connectivity index (χ0v) is 12.3. The van der Waals surface area contributed by atoms with Crippen molar-refractivity contribution in [2.75, 3.05) is 0 Å². The molecule has 0 fully saturated rings. The number of aromatic nitrogens is 1. The lowest BCUT2D eigenvalue weighted by molar-refractivity contribution is 0.305. The summed E-state index contributed by atoms with van der Waals surface area (Å²) in [7, 11) is -3.71. The van der Waals surface area contributed by atoms with Gasteiger partial charge in [0, 0.05) is 18.0 Å². The van der Waals surface area contributed by atoms with E-state index in [2.05, 4.69) is 4.98 Å². The maximum absolute atomic E-state index is 11.3. The number of ether oxygens (including phenoxy) is 1. The third-order valence-electron chi connectivity index (χ3n) is 2.70. The van der Waals surface area contributed by atoms with E-state index in [0.717, 1.165) is 5.56 Å². The van der Waals surface area contributed by atoms with Crippen LogP contribution in [0.3, 0.4) is 0 Å². The Morgan fingerprint density at radius 2 is 2.10 bits per heavy atom. The van der Waals surface area contributed by atoms with Crippen LogP contribution in [0.4, 0.5) is 0 Å². The number of primary sulfonamides is 1. The molecule has 2 rings (SSSR count). The zero-order chi connectivity index (χ0) is 14.8. The van der Waals surface area contributed by atoms with Gasteiger partial charge in [0.05, 0.1) is 9.92 Å². The number of nitrogens with zero attached hydrogens (tertiary/aromatic N) is 1. The number of rotatable bonds is 4. The van der Waals surface area contributed by atoms with Crippen LogP contribution >= 0.6 is 11.6 Å². The molecule has 0 amide bonds. The number of pyridine rings is 1. The second-order valence-corrected chi connectivity index (χ2v) is 6.17. The Labute approximate surface area is 122 Å². The maximum Gasteiger partial charge on any atom is 0.238 e. The molecule has 2 aromatic rings. The first-order chi connectivity index (χ1) is 9.38. The predicted molar refractivity (Wildman–Crippen MR) is 76.1 cm³/mol. The molecule has 0 unspecified atom stereocenters. The lowest BCUT2D eigenvalue weighted by Gasteiger charge is -2.10. The van der Waals surface area contributed by atoms with E-state index in [-0.39, 0.29) is 11.5 Å². The van der Waals surface area contributed by atoms with Gasteiger partial charge < -0.3 is 4.74 Å². The molecule has 0 aliphatic carbocycles. The van der Waals surface area contributed by atoms with E-state index in [9.17, 15) is 8.42 Å². The van der Waals surface area contributed by atoms with E-state index in [1.807, 2.05) is 0 Å². The minimum absolute atomic E-state index is 0.0896. The second-order valence-electron chi connectivity index (χ2n) is 4.23. The van der Waals surface area contributed by atoms with Crippen LogP contribution in [0, 0.1) is 6.92 Å². The molecule has 0 aliphatic heterocycles. The van der Waals surface area contributed by atoms with Crippen LogP contribution in [0.1, 0.15) is 11.1 Å². The zero-order valence-electron chi connectivity index (χ0n) is 10.7. The Balaban J connectivity index is 2.16. The van der Waals surface area contributed by atoms with Gasteiger partial charge in [-0.3, -0.25) is 4.98 Å². The topological polar surface area (TPSA) is 82.3 Å². The number of hydrogen-bond donors (Lipinski definition) is 1. The van der Waals surface area contributed by atoms with Gasteiger partial charge >= 0.3 is 0 Å². The average molecular weight is 313 g/mol. The molecule has 7 heteroatoms. The van der Waals surface area contributed by atoms with Crippen LogP contribution in [-0.4, -0.2) is 13.4 Å². The number of benzene rings is 1. The maximum atomic E-state index is 11.3. The SMILES string of the molecule is Cc1cc(OCc2ccncc2Cl)ccc1S(N)(=O)=O. The quantitative estimate of drug-likeness (QED) is 0.938. The summed E-state index contributed by atoms with van der Waals surface area (Å²) in [6.07, 6.45) is 3.16. The van der Waals surface area contributed by atoms with E-state index >= 15 is 0 Å². The van der Waals surface area contributed by atoms with Crippen LogP contribution in [0.25, 0.3) is 0 Å². The Morgan fingerprint density at radius 1 is 1.35 bits per heavy atom. The van der Waals surface area contributed by atoms with Crippen molar-refractivity contribution in [3.63, 3.8) is 0 Å². The highest BCUT2D eigenvalue weighted by atomic mass is 35.5. The largest absolute Gasteiger partial charge is 0.489 e. The molecule has 2 N–H and O–H groups in total. The molecule has 0 bridgehead atoms. The lowest BCUT2D eigenvalue weighted by atomic mass is 10.2. The van der Waals surface area contributed by atoms with E-state index in [1.165, 1.54) is 12.3 Å². The summed E-state index contributed by atoms with van der Waals surface area (Å²) in [6, 6.07) is 6.36. The summed E-state index contributed by atoms with van der Waals surface area (Å²) >= 11 is 5.97. The van der Waals surface area contributed by atoms with Gasteiger partial charge in [-0.2, -0.15) is 0 Å². The van der Waals surface area contributed by atoms with E-state index < -0.39 is 10.0 Å². The molecule has 0 saturated heterocycles. The summed E-state index contributed by atoms with van der Waals surface area (Å²) in [5.41, 5.74) is 1.33. The van der Waals surface area contributed by atoms with Crippen molar-refractivity contribution in [2.45, 2.75) is 18.4 Å². The van der Waals surface area contributed by atoms with Crippen molar-refractivity contribution < 1.29 is 13.2 Å². The molecular weight excluding hydrogens is 300 g/mol. The minimum Gasteiger partial charge on any atom is -0.489 e. The highest BCUT2D eigenvalue weighted by molar-refractivity contribution is 7.89. The number of sulfonamides is 1. The first-order valence-corrected chi connectivity index (χ1v) is 7.65. The van der Waals surface area contributed by atoms with E-state index in [0.29, 0.717) is 16.3 Å². The van der Waals surface area contributed by atoms with Gasteiger partial charge in [-0.1, -0.05) is 11.6 Å². The fraction of sp³-hybridized carbons (Fsp3) is 0.154. The molecule has 0 atom stereocenters. The fourth-order valence-corrected chi connectivity index (χ4v) is 2.65. The number of halogens is 1. The molecule has 0 spiro atoms. The molecular formula is C13H13ClN2O3S. The van der Waals surface area contributed by atoms with E-state index in [4.69, 9.17) is 21.5 Å². The van der Waals surface area contributed by atoms with Gasteiger partial charge in [0.25, 0.3) is 0 Å². The fourth-order valence-electron chi connectivity index (χ4n) is 1.71. The first kappa shape index (κ1) is 14.8. The molecule has 0 radical (unpaired) electrons. The van der Waals surface area contributed by atoms with Gasteiger partial charge in [0.2, 0.25) is 10.0 Å². The van der Waals surface area contributed by atoms with Crippen molar-refractivity contribution >= 4 is 21.6 Å². The minimum atomic E-state index is -3.71. The molecule has 1 aromatic carbocycles. The normalized spacial score (nSPS) is 11.3. The van der Waals surface area contributed by atoms with Gasteiger partial charge in [-0.15, -0.1) is 0 Å². The van der Waals surface area contributed by atoms with Gasteiger partial charge in [-0.05, 0) is 36.8 Å². The lowest BCUT2D eigenvalue weighted by Crippen LogP contribution is -2.13. The van der Waals surface area contributed by atoms with Crippen molar-refractivity contribution in [2.24, 2.45) is 5.14 Å². The smallest absolute Gasteiger partial charge is 0.238 e. The molecule has 1 heterocycles. The Hall–Kier alpha value is -1.63. The third kappa shape index (κ3) is 3.47. The van der Waals surface area contributed by atoms with Gasteiger partial charge in [0.15, 0.2) is 0 Å². The summed E-state index contributed by atoms with van der Waals surface area (Å²) in [5.74, 6) is 0.544. The van der Waals surface area contributed by atoms with E-state index in [1.54, 1.807) is 31.3 Å². The van der Waals surface area contributed by atoms with Crippen LogP contribution in [0.2, 0.25) is 5.02 Å². The molecule has 0 aliphatic rings. The number of hydrogen-bond acceptors (Lipinski definition) is 4. The summed E-state index contributed by atoms with van der Waals surface area (Å²) in [5, 5.41) is 5.62. The third-order valence-corrected chi connectivity index (χ3v) is 4.12. The summed E-state index contributed by atoms with van der Waals surface area (Å²) in [4.78, 5) is 3.97. The van der Waals surface area contributed by atoms with Crippen molar-refractivity contribution in [3.05, 3.63) is 52.8 Å². The number of nitrogens with two attached hydrogens (primary N) is 1.